The Bertz CT molecular complexity index is 516. The van der Waals surface area contributed by atoms with E-state index in [9.17, 15) is 8.42 Å². The number of aromatic amines is 1. The van der Waals surface area contributed by atoms with E-state index in [1.807, 2.05) is 0 Å². The van der Waals surface area contributed by atoms with Gasteiger partial charge in [-0.2, -0.15) is 14.7 Å². The zero-order chi connectivity index (χ0) is 13.1. The first-order valence-corrected chi connectivity index (χ1v) is 6.64. The van der Waals surface area contributed by atoms with Crippen molar-refractivity contribution in [3.05, 3.63) is 11.6 Å². The Morgan fingerprint density at radius 1 is 1.59 bits per heavy atom. The fourth-order valence-electron chi connectivity index (χ4n) is 1.33. The van der Waals surface area contributed by atoms with Crippen LogP contribution in [0.5, 0.6) is 0 Å². The molecule has 0 fully saturated rings. The summed E-state index contributed by atoms with van der Waals surface area (Å²) in [5.74, 6) is 1.01. The van der Waals surface area contributed by atoms with Crippen molar-refractivity contribution in [1.29, 1.82) is 5.26 Å². The van der Waals surface area contributed by atoms with Gasteiger partial charge in [0.15, 0.2) is 11.1 Å². The van der Waals surface area contributed by atoms with Crippen LogP contribution in [0.4, 0.5) is 0 Å². The summed E-state index contributed by atoms with van der Waals surface area (Å²) in [7, 11) is -2.19. The van der Waals surface area contributed by atoms with Gasteiger partial charge in [-0.1, -0.05) is 6.92 Å². The summed E-state index contributed by atoms with van der Waals surface area (Å²) >= 11 is 0. The molecular formula is C9H15N5O2S. The van der Waals surface area contributed by atoms with Gasteiger partial charge in [-0.3, -0.25) is 5.10 Å². The van der Waals surface area contributed by atoms with Crippen LogP contribution in [0.3, 0.4) is 0 Å². The molecule has 0 saturated heterocycles. The third kappa shape index (κ3) is 3.01. The molecule has 1 aromatic heterocycles. The molecule has 0 radical (unpaired) electrons. The molecule has 1 N–H and O–H groups in total. The second-order valence-electron chi connectivity index (χ2n) is 3.66. The van der Waals surface area contributed by atoms with Crippen molar-refractivity contribution in [3.63, 3.8) is 0 Å². The van der Waals surface area contributed by atoms with E-state index in [0.29, 0.717) is 11.6 Å². The third-order valence-corrected chi connectivity index (χ3v) is 4.47. The van der Waals surface area contributed by atoms with Crippen molar-refractivity contribution >= 4 is 10.0 Å². The summed E-state index contributed by atoms with van der Waals surface area (Å²) in [5.41, 5.74) is 0. The number of H-pyrrole nitrogens is 1. The van der Waals surface area contributed by atoms with Gasteiger partial charge in [-0.05, 0) is 13.3 Å². The standard InChI is InChI=1S/C9H15N5O2S/c1-4-8(5-10)17(15,16)14(3)6-9-11-7(2)12-13-9/h8H,4,6H2,1-3H3,(H,11,12,13). The number of rotatable bonds is 5. The number of nitrogens with one attached hydrogen (secondary N) is 1. The smallest absolute Gasteiger partial charge is 0.230 e. The highest BCUT2D eigenvalue weighted by Gasteiger charge is 2.28. The maximum Gasteiger partial charge on any atom is 0.230 e. The van der Waals surface area contributed by atoms with Gasteiger partial charge in [0.05, 0.1) is 12.6 Å². The van der Waals surface area contributed by atoms with E-state index in [2.05, 4.69) is 15.2 Å². The van der Waals surface area contributed by atoms with Crippen LogP contribution in [0.1, 0.15) is 25.0 Å². The van der Waals surface area contributed by atoms with Crippen molar-refractivity contribution < 1.29 is 8.42 Å². The molecule has 94 valence electrons. The lowest BCUT2D eigenvalue weighted by Gasteiger charge is -2.18. The molecular weight excluding hydrogens is 242 g/mol. The molecule has 8 heteroatoms. The average molecular weight is 257 g/mol. The molecule has 0 saturated carbocycles. The number of nitriles is 1. The van der Waals surface area contributed by atoms with E-state index in [4.69, 9.17) is 5.26 Å². The number of hydrogen-bond acceptors (Lipinski definition) is 5. The maximum atomic E-state index is 11.9. The molecule has 0 aliphatic carbocycles. The summed E-state index contributed by atoms with van der Waals surface area (Å²) in [6.07, 6.45) is 0.260. The molecule has 17 heavy (non-hydrogen) atoms. The van der Waals surface area contributed by atoms with E-state index >= 15 is 0 Å². The highest BCUT2D eigenvalue weighted by molar-refractivity contribution is 7.89. The van der Waals surface area contributed by atoms with Crippen LogP contribution in [-0.4, -0.2) is 40.2 Å². The normalized spacial score (nSPS) is 13.6. The Balaban J connectivity index is 2.83. The van der Waals surface area contributed by atoms with Gasteiger partial charge >= 0.3 is 0 Å². The molecule has 0 amide bonds. The van der Waals surface area contributed by atoms with Crippen LogP contribution in [0.15, 0.2) is 0 Å². The minimum Gasteiger partial charge on any atom is -0.263 e. The van der Waals surface area contributed by atoms with Gasteiger partial charge in [0.25, 0.3) is 0 Å². The Labute approximate surface area is 101 Å². The van der Waals surface area contributed by atoms with Crippen LogP contribution in [0.25, 0.3) is 0 Å². The Kier molecular flexibility index (Phi) is 4.20. The number of sulfonamides is 1. The van der Waals surface area contributed by atoms with Crippen LogP contribution in [-0.2, 0) is 16.6 Å². The predicted molar refractivity (Wildman–Crippen MR) is 61.2 cm³/mol. The van der Waals surface area contributed by atoms with E-state index in [0.717, 1.165) is 4.31 Å². The van der Waals surface area contributed by atoms with Crippen LogP contribution in [0.2, 0.25) is 0 Å². The van der Waals surface area contributed by atoms with E-state index in [1.165, 1.54) is 7.05 Å². The van der Waals surface area contributed by atoms with E-state index in [1.54, 1.807) is 19.9 Å². The SMILES string of the molecule is CCC(C#N)S(=O)(=O)N(C)Cc1n[nH]c(C)n1. The lowest BCUT2D eigenvalue weighted by atomic mass is 10.4. The first kappa shape index (κ1) is 13.6. The fraction of sp³-hybridized carbons (Fsp3) is 0.667. The predicted octanol–water partition coefficient (Wildman–Crippen LogP) is 0.177. The first-order valence-electron chi connectivity index (χ1n) is 5.14. The quantitative estimate of drug-likeness (QED) is 0.810. The van der Waals surface area contributed by atoms with E-state index < -0.39 is 15.3 Å². The molecule has 0 spiro atoms. The Hall–Kier alpha value is -1.46. The molecule has 0 aliphatic rings. The third-order valence-electron chi connectivity index (χ3n) is 2.32. The molecule has 1 atom stereocenters. The van der Waals surface area contributed by atoms with Gasteiger partial charge in [0, 0.05) is 7.05 Å². The second-order valence-corrected chi connectivity index (χ2v) is 5.89. The van der Waals surface area contributed by atoms with Crippen LogP contribution < -0.4 is 0 Å². The summed E-state index contributed by atoms with van der Waals surface area (Å²) < 4.78 is 25.0. The lowest BCUT2D eigenvalue weighted by Crippen LogP contribution is -2.35. The molecule has 1 aromatic rings. The van der Waals surface area contributed by atoms with Crippen LogP contribution in [0, 0.1) is 18.3 Å². The molecule has 1 heterocycles. The van der Waals surface area contributed by atoms with Gasteiger partial charge in [0.1, 0.15) is 5.82 Å². The topological polar surface area (TPSA) is 103 Å². The largest absolute Gasteiger partial charge is 0.263 e. The Morgan fingerprint density at radius 2 is 2.24 bits per heavy atom. The summed E-state index contributed by atoms with van der Waals surface area (Å²) in [4.78, 5) is 4.02. The highest BCUT2D eigenvalue weighted by Crippen LogP contribution is 2.12. The van der Waals surface area contributed by atoms with Crippen LogP contribution >= 0.6 is 0 Å². The molecule has 7 nitrogen and oxygen atoms in total. The van der Waals surface area contributed by atoms with Crippen molar-refractivity contribution in [2.75, 3.05) is 7.05 Å². The van der Waals surface area contributed by atoms with Gasteiger partial charge in [0.2, 0.25) is 10.0 Å². The highest BCUT2D eigenvalue weighted by atomic mass is 32.2. The molecule has 0 aliphatic heterocycles. The first-order chi connectivity index (χ1) is 7.91. The van der Waals surface area contributed by atoms with Crippen molar-refractivity contribution in [2.24, 2.45) is 0 Å². The summed E-state index contributed by atoms with van der Waals surface area (Å²) in [6, 6.07) is 1.79. The van der Waals surface area contributed by atoms with E-state index in [-0.39, 0.29) is 13.0 Å². The zero-order valence-corrected chi connectivity index (χ0v) is 10.8. The number of aromatic nitrogens is 3. The number of nitrogens with zero attached hydrogens (tertiary/aromatic N) is 4. The minimum atomic E-state index is -3.61. The average Bonchev–Trinajstić information content (AvgIpc) is 2.65. The van der Waals surface area contributed by atoms with Gasteiger partial charge in [-0.15, -0.1) is 0 Å². The Morgan fingerprint density at radius 3 is 2.65 bits per heavy atom. The van der Waals surface area contributed by atoms with Gasteiger partial charge in [-0.25, -0.2) is 13.4 Å². The maximum absolute atomic E-state index is 11.9. The molecule has 1 rings (SSSR count). The second kappa shape index (κ2) is 5.25. The van der Waals surface area contributed by atoms with Crippen molar-refractivity contribution in [1.82, 2.24) is 19.5 Å². The summed E-state index contributed by atoms with van der Waals surface area (Å²) in [6.45, 7) is 3.45. The van der Waals surface area contributed by atoms with Crippen molar-refractivity contribution in [2.45, 2.75) is 32.1 Å². The zero-order valence-electron chi connectivity index (χ0n) is 10.0. The molecule has 0 aromatic carbocycles. The lowest BCUT2D eigenvalue weighted by molar-refractivity contribution is 0.451. The summed E-state index contributed by atoms with van der Waals surface area (Å²) in [5, 5.41) is 14.3. The number of aryl methyl sites for hydroxylation is 1. The van der Waals surface area contributed by atoms with Gasteiger partial charge < -0.3 is 0 Å². The number of hydrogen-bond donors (Lipinski definition) is 1. The fourth-order valence-corrected chi connectivity index (χ4v) is 2.62. The monoisotopic (exact) mass is 257 g/mol. The van der Waals surface area contributed by atoms with Crippen molar-refractivity contribution in [3.8, 4) is 6.07 Å². The minimum absolute atomic E-state index is 0.0604. The molecule has 1 unspecified atom stereocenters. The molecule has 0 bridgehead atoms.